The summed E-state index contributed by atoms with van der Waals surface area (Å²) < 4.78 is 11.2. The Hall–Kier alpha value is -1.06. The molecule has 1 aromatic rings. The minimum atomic E-state index is 0.0514. The highest BCUT2D eigenvalue weighted by molar-refractivity contribution is 5.30. The molecular weight excluding hydrogens is 226 g/mol. The number of nitrogens with two attached hydrogens (primary N) is 1. The van der Waals surface area contributed by atoms with E-state index in [-0.39, 0.29) is 6.04 Å². The van der Waals surface area contributed by atoms with Gasteiger partial charge in [-0.2, -0.15) is 0 Å². The topological polar surface area (TPSA) is 44.5 Å². The van der Waals surface area contributed by atoms with E-state index in [0.29, 0.717) is 5.92 Å². The van der Waals surface area contributed by atoms with Crippen molar-refractivity contribution in [3.8, 4) is 5.75 Å². The van der Waals surface area contributed by atoms with Crippen molar-refractivity contribution in [1.82, 2.24) is 0 Å². The second kappa shape index (κ2) is 6.76. The highest BCUT2D eigenvalue weighted by atomic mass is 16.5. The lowest BCUT2D eigenvalue weighted by Gasteiger charge is -2.28. The van der Waals surface area contributed by atoms with Gasteiger partial charge < -0.3 is 15.2 Å². The summed E-state index contributed by atoms with van der Waals surface area (Å²) in [5, 5.41) is 0. The normalized spacial score (nSPS) is 21.6. The molecule has 0 radical (unpaired) electrons. The third-order valence-corrected chi connectivity index (χ3v) is 3.42. The quantitative estimate of drug-likeness (QED) is 0.872. The lowest BCUT2D eigenvalue weighted by atomic mass is 9.89. The van der Waals surface area contributed by atoms with Crippen LogP contribution in [-0.4, -0.2) is 19.8 Å². The molecular formula is C15H23NO2. The van der Waals surface area contributed by atoms with Crippen LogP contribution in [0.3, 0.4) is 0 Å². The van der Waals surface area contributed by atoms with Crippen molar-refractivity contribution in [1.29, 1.82) is 0 Å². The molecule has 0 spiro atoms. The molecule has 18 heavy (non-hydrogen) atoms. The van der Waals surface area contributed by atoms with Gasteiger partial charge in [0.1, 0.15) is 5.75 Å². The Labute approximate surface area is 109 Å². The predicted molar refractivity (Wildman–Crippen MR) is 72.7 cm³/mol. The number of hydrogen-bond donors (Lipinski definition) is 1. The summed E-state index contributed by atoms with van der Waals surface area (Å²) in [7, 11) is 0. The number of hydrogen-bond acceptors (Lipinski definition) is 3. The smallest absolute Gasteiger partial charge is 0.119 e. The van der Waals surface area contributed by atoms with E-state index < -0.39 is 0 Å². The first-order chi connectivity index (χ1) is 8.81. The van der Waals surface area contributed by atoms with Crippen molar-refractivity contribution in [2.45, 2.75) is 32.2 Å². The van der Waals surface area contributed by atoms with Crippen molar-refractivity contribution < 1.29 is 9.47 Å². The molecule has 1 aliphatic rings. The van der Waals surface area contributed by atoms with E-state index in [9.17, 15) is 0 Å². The fraction of sp³-hybridized carbons (Fsp3) is 0.600. The van der Waals surface area contributed by atoms with Crippen LogP contribution < -0.4 is 10.5 Å². The van der Waals surface area contributed by atoms with Crippen LogP contribution in [0.2, 0.25) is 0 Å². The third-order valence-electron chi connectivity index (χ3n) is 3.42. The van der Waals surface area contributed by atoms with Gasteiger partial charge in [0.15, 0.2) is 0 Å². The predicted octanol–water partition coefficient (Wildman–Crippen LogP) is 2.90. The summed E-state index contributed by atoms with van der Waals surface area (Å²) in [5.41, 5.74) is 7.48. The molecule has 100 valence electrons. The van der Waals surface area contributed by atoms with Gasteiger partial charge in [0.2, 0.25) is 0 Å². The molecule has 1 saturated heterocycles. The largest absolute Gasteiger partial charge is 0.494 e. The molecule has 2 N–H and O–H groups in total. The highest BCUT2D eigenvalue weighted by Crippen LogP contribution is 2.28. The van der Waals surface area contributed by atoms with Crippen LogP contribution in [0.5, 0.6) is 5.75 Å². The molecule has 3 nitrogen and oxygen atoms in total. The van der Waals surface area contributed by atoms with E-state index in [1.807, 2.05) is 12.1 Å². The Morgan fingerprint density at radius 3 is 3.11 bits per heavy atom. The van der Waals surface area contributed by atoms with Gasteiger partial charge in [0, 0.05) is 18.6 Å². The van der Waals surface area contributed by atoms with E-state index in [1.165, 1.54) is 0 Å². The first-order valence-electron chi connectivity index (χ1n) is 6.87. The maximum absolute atomic E-state index is 6.33. The van der Waals surface area contributed by atoms with Crippen LogP contribution in [0.4, 0.5) is 0 Å². The molecule has 0 amide bonds. The fourth-order valence-corrected chi connectivity index (χ4v) is 2.35. The maximum atomic E-state index is 6.33. The van der Waals surface area contributed by atoms with Crippen LogP contribution in [0.1, 0.15) is 37.8 Å². The summed E-state index contributed by atoms with van der Waals surface area (Å²) in [6, 6.07) is 8.20. The first kappa shape index (κ1) is 13.4. The van der Waals surface area contributed by atoms with Gasteiger partial charge in [-0.05, 0) is 37.0 Å². The Balaban J connectivity index is 2.02. The van der Waals surface area contributed by atoms with Crippen LogP contribution in [-0.2, 0) is 4.74 Å². The van der Waals surface area contributed by atoms with E-state index >= 15 is 0 Å². The molecule has 0 aliphatic carbocycles. The van der Waals surface area contributed by atoms with Crippen molar-refractivity contribution in [2.24, 2.45) is 11.7 Å². The lowest BCUT2D eigenvalue weighted by Crippen LogP contribution is -2.29. The summed E-state index contributed by atoms with van der Waals surface area (Å²) in [6.07, 6.45) is 3.29. The van der Waals surface area contributed by atoms with Crippen LogP contribution in [0.15, 0.2) is 24.3 Å². The monoisotopic (exact) mass is 249 g/mol. The molecule has 2 unspecified atom stereocenters. The summed E-state index contributed by atoms with van der Waals surface area (Å²) in [4.78, 5) is 0. The average Bonchev–Trinajstić information content (AvgIpc) is 2.45. The Kier molecular flexibility index (Phi) is 5.02. The zero-order valence-corrected chi connectivity index (χ0v) is 11.1. The Morgan fingerprint density at radius 2 is 2.39 bits per heavy atom. The van der Waals surface area contributed by atoms with Gasteiger partial charge in [-0.1, -0.05) is 19.1 Å². The summed E-state index contributed by atoms with van der Waals surface area (Å²) >= 11 is 0. The molecule has 0 aromatic heterocycles. The zero-order chi connectivity index (χ0) is 12.8. The first-order valence-corrected chi connectivity index (χ1v) is 6.87. The van der Waals surface area contributed by atoms with Crippen molar-refractivity contribution in [2.75, 3.05) is 19.8 Å². The second-order valence-corrected chi connectivity index (χ2v) is 4.92. The molecule has 3 heteroatoms. The summed E-state index contributed by atoms with van der Waals surface area (Å²) in [6.45, 7) is 4.52. The molecule has 1 aromatic carbocycles. The lowest BCUT2D eigenvalue weighted by molar-refractivity contribution is 0.0447. The van der Waals surface area contributed by atoms with Gasteiger partial charge in [-0.25, -0.2) is 0 Å². The van der Waals surface area contributed by atoms with E-state index in [2.05, 4.69) is 19.1 Å². The fourth-order valence-electron chi connectivity index (χ4n) is 2.35. The van der Waals surface area contributed by atoms with Crippen LogP contribution >= 0.6 is 0 Å². The third kappa shape index (κ3) is 3.47. The Bertz CT molecular complexity index is 361. The summed E-state index contributed by atoms with van der Waals surface area (Å²) in [5.74, 6) is 1.35. The van der Waals surface area contributed by atoms with E-state index in [0.717, 1.165) is 50.4 Å². The van der Waals surface area contributed by atoms with Crippen molar-refractivity contribution >= 4 is 0 Å². The molecule has 1 aliphatic heterocycles. The van der Waals surface area contributed by atoms with Crippen molar-refractivity contribution in [3.05, 3.63) is 29.8 Å². The molecule has 2 atom stereocenters. The highest BCUT2D eigenvalue weighted by Gasteiger charge is 2.22. The number of rotatable bonds is 5. The zero-order valence-electron chi connectivity index (χ0n) is 11.1. The van der Waals surface area contributed by atoms with Gasteiger partial charge in [0.25, 0.3) is 0 Å². The number of benzene rings is 1. The van der Waals surface area contributed by atoms with Crippen LogP contribution in [0.25, 0.3) is 0 Å². The maximum Gasteiger partial charge on any atom is 0.119 e. The molecule has 1 heterocycles. The van der Waals surface area contributed by atoms with Gasteiger partial charge >= 0.3 is 0 Å². The van der Waals surface area contributed by atoms with Gasteiger partial charge in [-0.15, -0.1) is 0 Å². The van der Waals surface area contributed by atoms with Crippen molar-refractivity contribution in [3.63, 3.8) is 0 Å². The SMILES string of the molecule is CCCOc1cccc(C(N)C2CCCOC2)c1. The van der Waals surface area contributed by atoms with E-state index in [4.69, 9.17) is 15.2 Å². The second-order valence-electron chi connectivity index (χ2n) is 4.92. The minimum Gasteiger partial charge on any atom is -0.494 e. The Morgan fingerprint density at radius 1 is 1.50 bits per heavy atom. The standard InChI is InChI=1S/C15H23NO2/c1-2-8-18-14-7-3-5-12(10-14)15(16)13-6-4-9-17-11-13/h3,5,7,10,13,15H,2,4,6,8-9,11,16H2,1H3. The number of ether oxygens (including phenoxy) is 2. The molecule has 0 saturated carbocycles. The van der Waals surface area contributed by atoms with Gasteiger partial charge in [-0.3, -0.25) is 0 Å². The molecule has 1 fully saturated rings. The molecule has 0 bridgehead atoms. The van der Waals surface area contributed by atoms with Gasteiger partial charge in [0.05, 0.1) is 13.2 Å². The van der Waals surface area contributed by atoms with E-state index in [1.54, 1.807) is 0 Å². The van der Waals surface area contributed by atoms with Crippen LogP contribution in [0, 0.1) is 5.92 Å². The average molecular weight is 249 g/mol. The minimum absolute atomic E-state index is 0.0514. The molecule has 2 rings (SSSR count).